The molecule has 0 amide bonds. The van der Waals surface area contributed by atoms with Crippen molar-refractivity contribution >= 4 is 15.9 Å². The van der Waals surface area contributed by atoms with Crippen LogP contribution in [-0.4, -0.2) is 19.7 Å². The minimum atomic E-state index is 0.294. The highest BCUT2D eigenvalue weighted by Crippen LogP contribution is 2.29. The average molecular weight is 296 g/mol. The van der Waals surface area contributed by atoms with Crippen LogP contribution in [0.2, 0.25) is 0 Å². The van der Waals surface area contributed by atoms with E-state index in [-0.39, 0.29) is 0 Å². The van der Waals surface area contributed by atoms with Crippen LogP contribution in [0, 0.1) is 19.3 Å². The number of aryl methyl sites for hydroxylation is 1. The fourth-order valence-corrected chi connectivity index (χ4v) is 2.15. The van der Waals surface area contributed by atoms with Gasteiger partial charge in [0.1, 0.15) is 12.4 Å². The molecule has 0 aliphatic carbocycles. The summed E-state index contributed by atoms with van der Waals surface area (Å²) < 4.78 is 6.44. The number of benzene rings is 1. The maximum atomic E-state index is 5.49. The molecule has 92 valence electrons. The number of hydrogen-bond acceptors (Lipinski definition) is 2. The van der Waals surface area contributed by atoms with Gasteiger partial charge in [-0.1, -0.05) is 5.92 Å². The minimum absolute atomic E-state index is 0.294. The van der Waals surface area contributed by atoms with Gasteiger partial charge >= 0.3 is 0 Å². The largest absolute Gasteiger partial charge is 0.480 e. The molecule has 3 heteroatoms. The normalized spacial score (nSPS) is 11.9. The van der Waals surface area contributed by atoms with E-state index >= 15 is 0 Å². The van der Waals surface area contributed by atoms with Crippen molar-refractivity contribution in [3.8, 4) is 18.1 Å². The van der Waals surface area contributed by atoms with Crippen LogP contribution in [-0.2, 0) is 6.42 Å². The third kappa shape index (κ3) is 4.07. The summed E-state index contributed by atoms with van der Waals surface area (Å²) >= 11 is 3.49. The van der Waals surface area contributed by atoms with Gasteiger partial charge in [-0.2, -0.15) is 0 Å². The number of halogens is 1. The molecule has 0 aliphatic rings. The number of ether oxygens (including phenoxy) is 1. The average Bonchev–Trinajstić information content (AvgIpc) is 2.30. The third-order valence-corrected chi connectivity index (χ3v) is 3.34. The lowest BCUT2D eigenvalue weighted by molar-refractivity contribution is 0.367. The topological polar surface area (TPSA) is 21.3 Å². The number of terminal acetylenes is 1. The molecule has 17 heavy (non-hydrogen) atoms. The molecule has 0 aromatic heterocycles. The third-order valence-electron chi connectivity index (χ3n) is 2.72. The number of hydrogen-bond donors (Lipinski definition) is 1. The van der Waals surface area contributed by atoms with Crippen molar-refractivity contribution in [1.29, 1.82) is 0 Å². The number of likely N-dealkylation sites (N-methyl/N-ethyl adjacent to an activating group) is 1. The molecule has 0 radical (unpaired) electrons. The Morgan fingerprint density at radius 1 is 1.53 bits per heavy atom. The van der Waals surface area contributed by atoms with E-state index in [9.17, 15) is 0 Å². The zero-order valence-corrected chi connectivity index (χ0v) is 12.1. The van der Waals surface area contributed by atoms with Crippen LogP contribution in [0.1, 0.15) is 18.1 Å². The first-order valence-corrected chi connectivity index (χ1v) is 6.40. The van der Waals surface area contributed by atoms with Crippen LogP contribution in [0.25, 0.3) is 0 Å². The highest BCUT2D eigenvalue weighted by Gasteiger charge is 2.09. The van der Waals surface area contributed by atoms with E-state index in [1.165, 1.54) is 11.1 Å². The number of nitrogens with one attached hydrogen (secondary N) is 1. The van der Waals surface area contributed by atoms with Crippen molar-refractivity contribution in [2.75, 3.05) is 13.7 Å². The molecule has 1 unspecified atom stereocenters. The second-order valence-corrected chi connectivity index (χ2v) is 4.95. The van der Waals surface area contributed by atoms with Crippen LogP contribution in [0.3, 0.4) is 0 Å². The summed E-state index contributed by atoms with van der Waals surface area (Å²) in [5, 5.41) is 3.23. The Hall–Kier alpha value is -0.980. The van der Waals surface area contributed by atoms with Crippen LogP contribution in [0.4, 0.5) is 0 Å². The zero-order chi connectivity index (χ0) is 12.8. The molecule has 0 fully saturated rings. The molecule has 1 aromatic rings. The smallest absolute Gasteiger partial charge is 0.148 e. The number of rotatable bonds is 5. The van der Waals surface area contributed by atoms with E-state index in [2.05, 4.69) is 53.1 Å². The van der Waals surface area contributed by atoms with E-state index in [0.717, 1.165) is 16.6 Å². The lowest BCUT2D eigenvalue weighted by Crippen LogP contribution is -2.23. The first kappa shape index (κ1) is 14.1. The first-order chi connectivity index (χ1) is 8.08. The summed E-state index contributed by atoms with van der Waals surface area (Å²) in [6, 6.07) is 4.57. The Morgan fingerprint density at radius 3 is 2.82 bits per heavy atom. The van der Waals surface area contributed by atoms with Gasteiger partial charge in [0, 0.05) is 6.04 Å². The predicted molar refractivity (Wildman–Crippen MR) is 75.4 cm³/mol. The van der Waals surface area contributed by atoms with Gasteiger partial charge in [-0.25, -0.2) is 0 Å². The van der Waals surface area contributed by atoms with E-state index in [1.54, 1.807) is 0 Å². The van der Waals surface area contributed by atoms with Crippen LogP contribution >= 0.6 is 15.9 Å². The van der Waals surface area contributed by atoms with Gasteiger partial charge in [-0.3, -0.25) is 0 Å². The molecule has 1 rings (SSSR count). The van der Waals surface area contributed by atoms with E-state index in [1.807, 2.05) is 7.05 Å². The highest BCUT2D eigenvalue weighted by molar-refractivity contribution is 9.10. The summed E-state index contributed by atoms with van der Waals surface area (Å²) in [4.78, 5) is 0. The molecular weight excluding hydrogens is 278 g/mol. The van der Waals surface area contributed by atoms with Crippen molar-refractivity contribution in [3.05, 3.63) is 27.7 Å². The van der Waals surface area contributed by atoms with Crippen LogP contribution < -0.4 is 10.1 Å². The predicted octanol–water partition coefficient (Wildman–Crippen LogP) is 2.92. The monoisotopic (exact) mass is 295 g/mol. The van der Waals surface area contributed by atoms with Gasteiger partial charge < -0.3 is 10.1 Å². The first-order valence-electron chi connectivity index (χ1n) is 5.61. The maximum absolute atomic E-state index is 5.49. The molecule has 0 aliphatic heterocycles. The molecular formula is C14H18BrNO. The lowest BCUT2D eigenvalue weighted by Gasteiger charge is -2.15. The molecule has 1 N–H and O–H groups in total. The summed E-state index contributed by atoms with van der Waals surface area (Å²) in [7, 11) is 1.97. The molecule has 0 spiro atoms. The lowest BCUT2D eigenvalue weighted by atomic mass is 10.0. The standard InChI is InChI=1S/C14H18BrNO/c1-5-6-17-14-9-12(8-11(3)16-4)10(2)7-13(14)15/h1,7,9,11,16H,6,8H2,2-4H3. The fourth-order valence-electron chi connectivity index (χ4n) is 1.58. The van der Waals surface area contributed by atoms with Gasteiger partial charge in [0.2, 0.25) is 0 Å². The van der Waals surface area contributed by atoms with E-state index in [0.29, 0.717) is 12.6 Å². The summed E-state index contributed by atoms with van der Waals surface area (Å²) in [5.41, 5.74) is 2.54. The Balaban J connectivity index is 2.94. The summed E-state index contributed by atoms with van der Waals surface area (Å²) in [6.45, 7) is 4.56. The van der Waals surface area contributed by atoms with Gasteiger partial charge in [0.15, 0.2) is 0 Å². The van der Waals surface area contributed by atoms with Crippen LogP contribution in [0.5, 0.6) is 5.75 Å². The fraction of sp³-hybridized carbons (Fsp3) is 0.429. The van der Waals surface area contributed by atoms with Crippen molar-refractivity contribution < 1.29 is 4.74 Å². The minimum Gasteiger partial charge on any atom is -0.480 e. The molecule has 0 saturated carbocycles. The molecule has 1 aromatic carbocycles. The van der Waals surface area contributed by atoms with E-state index in [4.69, 9.17) is 11.2 Å². The van der Waals surface area contributed by atoms with Gasteiger partial charge in [-0.15, -0.1) is 6.42 Å². The van der Waals surface area contributed by atoms with Crippen molar-refractivity contribution in [2.45, 2.75) is 26.3 Å². The molecule has 0 heterocycles. The summed E-state index contributed by atoms with van der Waals surface area (Å²) in [6.07, 6.45) is 6.17. The van der Waals surface area contributed by atoms with E-state index < -0.39 is 0 Å². The van der Waals surface area contributed by atoms with Gasteiger partial charge in [0.05, 0.1) is 4.47 Å². The second-order valence-electron chi connectivity index (χ2n) is 4.10. The van der Waals surface area contributed by atoms with Crippen LogP contribution in [0.15, 0.2) is 16.6 Å². The van der Waals surface area contributed by atoms with Crippen molar-refractivity contribution in [1.82, 2.24) is 5.32 Å². The molecule has 0 saturated heterocycles. The van der Waals surface area contributed by atoms with Crippen molar-refractivity contribution in [2.24, 2.45) is 0 Å². The van der Waals surface area contributed by atoms with Crippen molar-refractivity contribution in [3.63, 3.8) is 0 Å². The highest BCUT2D eigenvalue weighted by atomic mass is 79.9. The molecule has 2 nitrogen and oxygen atoms in total. The zero-order valence-electron chi connectivity index (χ0n) is 10.5. The second kappa shape index (κ2) is 6.68. The molecule has 1 atom stereocenters. The maximum Gasteiger partial charge on any atom is 0.148 e. The van der Waals surface area contributed by atoms with Gasteiger partial charge in [0.25, 0.3) is 0 Å². The SMILES string of the molecule is C#CCOc1cc(CC(C)NC)c(C)cc1Br. The molecule has 0 bridgehead atoms. The van der Waals surface area contributed by atoms with Gasteiger partial charge in [-0.05, 0) is 66.5 Å². The Bertz CT molecular complexity index is 423. The Labute approximate surface area is 112 Å². The quantitative estimate of drug-likeness (QED) is 0.844. The Morgan fingerprint density at radius 2 is 2.24 bits per heavy atom. The Kier molecular flexibility index (Phi) is 5.54. The summed E-state index contributed by atoms with van der Waals surface area (Å²) in [5.74, 6) is 3.29.